The van der Waals surface area contributed by atoms with Crippen LogP contribution in [0.1, 0.15) is 54.9 Å². The molecule has 3 rings (SSSR count). The van der Waals surface area contributed by atoms with Gasteiger partial charge in [0, 0.05) is 17.8 Å². The molecule has 1 nitrogen and oxygen atoms in total. The van der Waals surface area contributed by atoms with Gasteiger partial charge in [-0.3, -0.25) is 0 Å². The van der Waals surface area contributed by atoms with Gasteiger partial charge in [0.1, 0.15) is 0 Å². The second-order valence-electron chi connectivity index (χ2n) is 6.14. The van der Waals surface area contributed by atoms with Crippen molar-refractivity contribution in [3.05, 3.63) is 71.3 Å². The van der Waals surface area contributed by atoms with E-state index in [1.807, 2.05) is 0 Å². The van der Waals surface area contributed by atoms with Crippen LogP contribution in [0.5, 0.6) is 0 Å². The lowest BCUT2D eigenvalue weighted by atomic mass is 9.82. The molecule has 114 valence electrons. The summed E-state index contributed by atoms with van der Waals surface area (Å²) in [7, 11) is 0. The molecular formula is C21H25N. The summed E-state index contributed by atoms with van der Waals surface area (Å²) in [5.74, 6) is 0. The maximum atomic E-state index is 4.38. The second-order valence-corrected chi connectivity index (χ2v) is 6.14. The maximum absolute atomic E-state index is 4.38. The Kier molecular flexibility index (Phi) is 4.62. The van der Waals surface area contributed by atoms with Crippen LogP contribution in [-0.4, -0.2) is 6.54 Å². The van der Waals surface area contributed by atoms with Crippen LogP contribution in [0.25, 0.3) is 5.57 Å². The first-order valence-electron chi connectivity index (χ1n) is 8.44. The van der Waals surface area contributed by atoms with E-state index >= 15 is 0 Å². The molecule has 0 atom stereocenters. The van der Waals surface area contributed by atoms with Crippen LogP contribution in [0.2, 0.25) is 0 Å². The lowest BCUT2D eigenvalue weighted by Crippen LogP contribution is -2.11. The van der Waals surface area contributed by atoms with Crippen LogP contribution < -0.4 is 5.32 Å². The predicted octanol–water partition coefficient (Wildman–Crippen LogP) is 5.64. The Morgan fingerprint density at radius 1 is 0.955 bits per heavy atom. The van der Waals surface area contributed by atoms with Crippen molar-refractivity contribution in [3.8, 4) is 0 Å². The number of rotatable bonds is 6. The van der Waals surface area contributed by atoms with Crippen LogP contribution in [0, 0.1) is 0 Å². The topological polar surface area (TPSA) is 12.0 Å². The second kappa shape index (κ2) is 6.83. The minimum Gasteiger partial charge on any atom is -0.385 e. The van der Waals surface area contributed by atoms with E-state index in [1.165, 1.54) is 53.6 Å². The van der Waals surface area contributed by atoms with E-state index < -0.39 is 0 Å². The third kappa shape index (κ3) is 2.94. The first-order valence-corrected chi connectivity index (χ1v) is 8.44. The van der Waals surface area contributed by atoms with Gasteiger partial charge in [0.05, 0.1) is 0 Å². The molecule has 1 N–H and O–H groups in total. The number of anilines is 1. The fourth-order valence-corrected chi connectivity index (χ4v) is 3.33. The van der Waals surface area contributed by atoms with Crippen molar-refractivity contribution in [1.82, 2.24) is 0 Å². The van der Waals surface area contributed by atoms with E-state index in [1.54, 1.807) is 0 Å². The molecule has 2 aromatic rings. The zero-order valence-electron chi connectivity index (χ0n) is 13.5. The average Bonchev–Trinajstić information content (AvgIpc) is 2.55. The minimum absolute atomic E-state index is 1.01. The number of nitrogens with one attached hydrogen (secondary N) is 1. The fourth-order valence-electron chi connectivity index (χ4n) is 3.33. The van der Waals surface area contributed by atoms with Crippen molar-refractivity contribution in [2.24, 2.45) is 0 Å². The highest BCUT2D eigenvalue weighted by atomic mass is 14.9. The molecule has 0 fully saturated rings. The molecule has 0 aromatic heterocycles. The molecule has 0 saturated carbocycles. The summed E-state index contributed by atoms with van der Waals surface area (Å²) in [6, 6.07) is 15.2. The SMILES string of the molecule is C=C1c2ccccc2Cc2cccc(NCCCCCC)c21. The monoisotopic (exact) mass is 291 g/mol. The third-order valence-electron chi connectivity index (χ3n) is 4.52. The molecule has 1 aliphatic rings. The molecule has 22 heavy (non-hydrogen) atoms. The van der Waals surface area contributed by atoms with Gasteiger partial charge in [-0.2, -0.15) is 0 Å². The van der Waals surface area contributed by atoms with Gasteiger partial charge >= 0.3 is 0 Å². The summed E-state index contributed by atoms with van der Waals surface area (Å²) in [5, 5.41) is 3.63. The van der Waals surface area contributed by atoms with Gasteiger partial charge in [-0.25, -0.2) is 0 Å². The molecule has 1 aliphatic carbocycles. The Balaban J connectivity index is 1.80. The van der Waals surface area contributed by atoms with Gasteiger partial charge in [-0.15, -0.1) is 0 Å². The lowest BCUT2D eigenvalue weighted by molar-refractivity contribution is 0.685. The molecule has 0 heterocycles. The van der Waals surface area contributed by atoms with E-state index in [0.29, 0.717) is 0 Å². The number of unbranched alkanes of at least 4 members (excludes halogenated alkanes) is 3. The molecule has 1 heteroatoms. The molecule has 0 spiro atoms. The molecule has 0 unspecified atom stereocenters. The highest BCUT2D eigenvalue weighted by molar-refractivity contribution is 5.90. The van der Waals surface area contributed by atoms with E-state index in [4.69, 9.17) is 0 Å². The van der Waals surface area contributed by atoms with E-state index in [9.17, 15) is 0 Å². The quantitative estimate of drug-likeness (QED) is 0.579. The number of benzene rings is 2. The van der Waals surface area contributed by atoms with Crippen molar-refractivity contribution in [2.45, 2.75) is 39.0 Å². The average molecular weight is 291 g/mol. The molecule has 0 radical (unpaired) electrons. The molecule has 0 bridgehead atoms. The zero-order valence-corrected chi connectivity index (χ0v) is 13.5. The van der Waals surface area contributed by atoms with E-state index in [-0.39, 0.29) is 0 Å². The zero-order chi connectivity index (χ0) is 15.4. The van der Waals surface area contributed by atoms with E-state index in [0.717, 1.165) is 18.5 Å². The smallest absolute Gasteiger partial charge is 0.0422 e. The van der Waals surface area contributed by atoms with Crippen LogP contribution in [0.4, 0.5) is 5.69 Å². The van der Waals surface area contributed by atoms with Crippen molar-refractivity contribution >= 4 is 11.3 Å². The third-order valence-corrected chi connectivity index (χ3v) is 4.52. The fraction of sp³-hybridized carbons (Fsp3) is 0.333. The first-order chi connectivity index (χ1) is 10.8. The molecule has 0 saturated heterocycles. The Morgan fingerprint density at radius 2 is 1.77 bits per heavy atom. The standard InChI is InChI=1S/C21H25N/c1-3-4-5-8-14-22-20-13-9-11-18-15-17-10-6-7-12-19(17)16(2)21(18)20/h6-7,9-13,22H,2-5,8,14-15H2,1H3. The van der Waals surface area contributed by atoms with Crippen LogP contribution >= 0.6 is 0 Å². The van der Waals surface area contributed by atoms with Gasteiger partial charge in [0.25, 0.3) is 0 Å². The Morgan fingerprint density at radius 3 is 2.64 bits per heavy atom. The summed E-state index contributed by atoms with van der Waals surface area (Å²) in [4.78, 5) is 0. The summed E-state index contributed by atoms with van der Waals surface area (Å²) in [5.41, 5.74) is 7.80. The predicted molar refractivity (Wildman–Crippen MR) is 96.5 cm³/mol. The van der Waals surface area contributed by atoms with Gasteiger partial charge in [0.2, 0.25) is 0 Å². The van der Waals surface area contributed by atoms with Crippen LogP contribution in [-0.2, 0) is 6.42 Å². The van der Waals surface area contributed by atoms with Crippen molar-refractivity contribution in [3.63, 3.8) is 0 Å². The van der Waals surface area contributed by atoms with Gasteiger partial charge < -0.3 is 5.32 Å². The summed E-state index contributed by atoms with van der Waals surface area (Å²) in [6.45, 7) is 7.67. The van der Waals surface area contributed by atoms with Crippen molar-refractivity contribution in [1.29, 1.82) is 0 Å². The van der Waals surface area contributed by atoms with E-state index in [2.05, 4.69) is 61.3 Å². The number of fused-ring (bicyclic) bond motifs is 2. The van der Waals surface area contributed by atoms with Gasteiger partial charge in [-0.1, -0.05) is 69.2 Å². The number of hydrogen-bond acceptors (Lipinski definition) is 1. The largest absolute Gasteiger partial charge is 0.385 e. The first kappa shape index (κ1) is 14.9. The van der Waals surface area contributed by atoms with Crippen LogP contribution in [0.15, 0.2) is 49.0 Å². The maximum Gasteiger partial charge on any atom is 0.0422 e. The lowest BCUT2D eigenvalue weighted by Gasteiger charge is -2.25. The van der Waals surface area contributed by atoms with Crippen molar-refractivity contribution in [2.75, 3.05) is 11.9 Å². The summed E-state index contributed by atoms with van der Waals surface area (Å²) < 4.78 is 0. The minimum atomic E-state index is 1.01. The highest BCUT2D eigenvalue weighted by Gasteiger charge is 2.20. The molecular weight excluding hydrogens is 266 g/mol. The summed E-state index contributed by atoms with van der Waals surface area (Å²) >= 11 is 0. The Labute approximate surface area is 134 Å². The van der Waals surface area contributed by atoms with Crippen LogP contribution in [0.3, 0.4) is 0 Å². The summed E-state index contributed by atoms with van der Waals surface area (Å²) in [6.07, 6.45) is 6.17. The van der Waals surface area contributed by atoms with Crippen molar-refractivity contribution < 1.29 is 0 Å². The van der Waals surface area contributed by atoms with Gasteiger partial charge in [0.15, 0.2) is 0 Å². The normalized spacial score (nSPS) is 12.7. The molecule has 2 aromatic carbocycles. The molecule has 0 aliphatic heterocycles. The molecule has 0 amide bonds. The van der Waals surface area contributed by atoms with Gasteiger partial charge in [-0.05, 0) is 41.2 Å². The highest BCUT2D eigenvalue weighted by Crippen LogP contribution is 2.38. The Hall–Kier alpha value is -2.02. The Bertz CT molecular complexity index is 669. The number of hydrogen-bond donors (Lipinski definition) is 1.